The van der Waals surface area contributed by atoms with Crippen LogP contribution in [0.5, 0.6) is 0 Å². The normalized spacial score (nSPS) is 22.7. The number of hydrogen-bond acceptors (Lipinski definition) is 4. The summed E-state index contributed by atoms with van der Waals surface area (Å²) in [6, 6.07) is 1.21. The molecular formula is C8H11N3O. The van der Waals surface area contributed by atoms with Crippen molar-refractivity contribution in [1.29, 1.82) is 0 Å². The van der Waals surface area contributed by atoms with Crippen molar-refractivity contribution in [2.45, 2.75) is 37.6 Å². The first-order valence-electron chi connectivity index (χ1n) is 4.52. The predicted molar refractivity (Wildman–Crippen MR) is 42.9 cm³/mol. The monoisotopic (exact) mass is 165 g/mol. The van der Waals surface area contributed by atoms with Crippen LogP contribution in [0.4, 0.5) is 6.01 Å². The van der Waals surface area contributed by atoms with Crippen LogP contribution in [0.3, 0.4) is 0 Å². The summed E-state index contributed by atoms with van der Waals surface area (Å²) < 4.78 is 5.04. The third-order valence-electron chi connectivity index (χ3n) is 2.29. The van der Waals surface area contributed by atoms with Crippen LogP contribution in [0.15, 0.2) is 4.52 Å². The van der Waals surface area contributed by atoms with Gasteiger partial charge in [-0.1, -0.05) is 5.16 Å². The van der Waals surface area contributed by atoms with Crippen LogP contribution in [0, 0.1) is 0 Å². The van der Waals surface area contributed by atoms with E-state index < -0.39 is 0 Å². The van der Waals surface area contributed by atoms with Crippen molar-refractivity contribution < 1.29 is 4.52 Å². The fourth-order valence-electron chi connectivity index (χ4n) is 1.20. The minimum Gasteiger partial charge on any atom is -0.335 e. The highest BCUT2D eigenvalue weighted by atomic mass is 16.5. The predicted octanol–water partition coefficient (Wildman–Crippen LogP) is 1.52. The summed E-state index contributed by atoms with van der Waals surface area (Å²) in [4.78, 5) is 4.26. The summed E-state index contributed by atoms with van der Waals surface area (Å²) >= 11 is 0. The Labute approximate surface area is 70.3 Å². The minimum absolute atomic E-state index is 0.587. The molecule has 0 atom stereocenters. The molecule has 4 nitrogen and oxygen atoms in total. The maximum atomic E-state index is 5.04. The molecule has 2 saturated carbocycles. The van der Waals surface area contributed by atoms with E-state index in [1.165, 1.54) is 25.7 Å². The Kier molecular flexibility index (Phi) is 1.19. The molecule has 64 valence electrons. The maximum absolute atomic E-state index is 5.04. The van der Waals surface area contributed by atoms with Gasteiger partial charge in [-0.2, -0.15) is 4.98 Å². The number of rotatable bonds is 3. The number of nitrogens with zero attached hydrogens (tertiary/aromatic N) is 2. The molecule has 1 N–H and O–H groups in total. The van der Waals surface area contributed by atoms with Crippen LogP contribution in [-0.4, -0.2) is 16.2 Å². The molecule has 2 aliphatic rings. The molecule has 4 heteroatoms. The Morgan fingerprint density at radius 1 is 1.25 bits per heavy atom. The van der Waals surface area contributed by atoms with E-state index in [1.807, 2.05) is 0 Å². The molecule has 12 heavy (non-hydrogen) atoms. The molecular weight excluding hydrogens is 154 g/mol. The smallest absolute Gasteiger partial charge is 0.321 e. The summed E-state index contributed by atoms with van der Waals surface area (Å²) in [6.07, 6.45) is 4.92. The van der Waals surface area contributed by atoms with E-state index >= 15 is 0 Å². The van der Waals surface area contributed by atoms with E-state index in [0.717, 1.165) is 5.82 Å². The first-order chi connectivity index (χ1) is 5.92. The van der Waals surface area contributed by atoms with E-state index in [4.69, 9.17) is 4.52 Å². The Balaban J connectivity index is 1.72. The number of nitrogens with one attached hydrogen (secondary N) is 1. The Bertz CT molecular complexity index is 288. The van der Waals surface area contributed by atoms with Crippen molar-refractivity contribution in [2.24, 2.45) is 0 Å². The highest BCUT2D eigenvalue weighted by Gasteiger charge is 2.30. The first kappa shape index (κ1) is 6.46. The summed E-state index contributed by atoms with van der Waals surface area (Å²) in [5, 5.41) is 7.09. The molecule has 1 aromatic rings. The van der Waals surface area contributed by atoms with Gasteiger partial charge in [-0.3, -0.25) is 0 Å². The van der Waals surface area contributed by atoms with Gasteiger partial charge in [0.25, 0.3) is 0 Å². The number of hydrogen-bond donors (Lipinski definition) is 1. The zero-order chi connectivity index (χ0) is 7.97. The van der Waals surface area contributed by atoms with Gasteiger partial charge in [0.2, 0.25) is 0 Å². The molecule has 0 aliphatic heterocycles. The molecule has 0 spiro atoms. The molecule has 1 aromatic heterocycles. The average molecular weight is 165 g/mol. The summed E-state index contributed by atoms with van der Waals surface area (Å²) in [5.74, 6) is 1.47. The lowest BCUT2D eigenvalue weighted by Crippen LogP contribution is -2.00. The zero-order valence-corrected chi connectivity index (χ0v) is 6.79. The van der Waals surface area contributed by atoms with Gasteiger partial charge in [-0.15, -0.1) is 0 Å². The van der Waals surface area contributed by atoms with Gasteiger partial charge in [0.15, 0.2) is 5.82 Å². The lowest BCUT2D eigenvalue weighted by Gasteiger charge is -1.92. The van der Waals surface area contributed by atoms with E-state index in [0.29, 0.717) is 18.0 Å². The quantitative estimate of drug-likeness (QED) is 0.737. The lowest BCUT2D eigenvalue weighted by molar-refractivity contribution is 0.422. The maximum Gasteiger partial charge on any atom is 0.321 e. The highest BCUT2D eigenvalue weighted by molar-refractivity contribution is 5.24. The molecule has 0 saturated heterocycles. The average Bonchev–Trinajstić information content (AvgIpc) is 2.92. The van der Waals surface area contributed by atoms with Crippen LogP contribution in [-0.2, 0) is 0 Å². The molecule has 0 unspecified atom stereocenters. The van der Waals surface area contributed by atoms with Crippen molar-refractivity contribution in [3.63, 3.8) is 0 Å². The second kappa shape index (κ2) is 2.21. The van der Waals surface area contributed by atoms with Crippen LogP contribution < -0.4 is 5.32 Å². The van der Waals surface area contributed by atoms with Gasteiger partial charge >= 0.3 is 6.01 Å². The second-order valence-electron chi connectivity index (χ2n) is 3.65. The standard InChI is InChI=1S/C8H11N3O/c1-2-5(1)7-10-8(12-11-7)9-6-3-4-6/h5-6H,1-4H2,(H,9,10,11). The first-order valence-corrected chi connectivity index (χ1v) is 4.52. The molecule has 0 amide bonds. The van der Waals surface area contributed by atoms with Crippen molar-refractivity contribution in [1.82, 2.24) is 10.1 Å². The van der Waals surface area contributed by atoms with Crippen molar-refractivity contribution >= 4 is 6.01 Å². The molecule has 0 bridgehead atoms. The number of aromatic nitrogens is 2. The number of anilines is 1. The zero-order valence-electron chi connectivity index (χ0n) is 6.79. The molecule has 2 aliphatic carbocycles. The van der Waals surface area contributed by atoms with Crippen molar-refractivity contribution in [2.75, 3.05) is 5.32 Å². The SMILES string of the molecule is C1CC1Nc1nc(C2CC2)no1. The van der Waals surface area contributed by atoms with Crippen molar-refractivity contribution in [3.05, 3.63) is 5.82 Å². The van der Waals surface area contributed by atoms with Crippen LogP contribution in [0.25, 0.3) is 0 Å². The fourth-order valence-corrected chi connectivity index (χ4v) is 1.20. The lowest BCUT2D eigenvalue weighted by atomic mass is 10.4. The fraction of sp³-hybridized carbons (Fsp3) is 0.750. The van der Waals surface area contributed by atoms with Crippen molar-refractivity contribution in [3.8, 4) is 0 Å². The molecule has 1 heterocycles. The third kappa shape index (κ3) is 1.17. The molecule has 0 radical (unpaired) electrons. The Hall–Kier alpha value is -1.06. The third-order valence-corrected chi connectivity index (χ3v) is 2.29. The molecule has 2 fully saturated rings. The minimum atomic E-state index is 0.587. The summed E-state index contributed by atoms with van der Waals surface area (Å²) in [6.45, 7) is 0. The van der Waals surface area contributed by atoms with Gasteiger partial charge in [-0.25, -0.2) is 0 Å². The van der Waals surface area contributed by atoms with Gasteiger partial charge in [0.05, 0.1) is 0 Å². The van der Waals surface area contributed by atoms with Gasteiger partial charge in [0, 0.05) is 12.0 Å². The summed E-state index contributed by atoms with van der Waals surface area (Å²) in [5.41, 5.74) is 0. The van der Waals surface area contributed by atoms with E-state index in [-0.39, 0.29) is 0 Å². The molecule has 3 rings (SSSR count). The second-order valence-corrected chi connectivity index (χ2v) is 3.65. The van der Waals surface area contributed by atoms with E-state index in [9.17, 15) is 0 Å². The van der Waals surface area contributed by atoms with Gasteiger partial charge in [0.1, 0.15) is 0 Å². The highest BCUT2D eigenvalue weighted by Crippen LogP contribution is 2.38. The van der Waals surface area contributed by atoms with E-state index in [1.54, 1.807) is 0 Å². The van der Waals surface area contributed by atoms with Gasteiger partial charge < -0.3 is 9.84 Å². The topological polar surface area (TPSA) is 51.0 Å². The van der Waals surface area contributed by atoms with Crippen LogP contribution in [0.1, 0.15) is 37.4 Å². The summed E-state index contributed by atoms with van der Waals surface area (Å²) in [7, 11) is 0. The van der Waals surface area contributed by atoms with Gasteiger partial charge in [-0.05, 0) is 25.7 Å². The van der Waals surface area contributed by atoms with Crippen LogP contribution >= 0.6 is 0 Å². The van der Waals surface area contributed by atoms with Crippen LogP contribution in [0.2, 0.25) is 0 Å². The van der Waals surface area contributed by atoms with E-state index in [2.05, 4.69) is 15.5 Å². The Morgan fingerprint density at radius 2 is 2.08 bits per heavy atom. The molecule has 0 aromatic carbocycles. The largest absolute Gasteiger partial charge is 0.335 e. The Morgan fingerprint density at radius 3 is 2.75 bits per heavy atom.